The fourth-order valence-electron chi connectivity index (χ4n) is 3.82. The van der Waals surface area contributed by atoms with Crippen molar-refractivity contribution in [1.82, 2.24) is 14.9 Å². The Morgan fingerprint density at radius 1 is 0.909 bits per heavy atom. The highest BCUT2D eigenvalue weighted by atomic mass is 32.2. The zero-order valence-electron chi connectivity index (χ0n) is 18.3. The molecule has 0 N–H and O–H groups in total. The van der Waals surface area contributed by atoms with Gasteiger partial charge in [-0.3, -0.25) is 4.79 Å². The van der Waals surface area contributed by atoms with Gasteiger partial charge in [0.1, 0.15) is 11.6 Å². The summed E-state index contributed by atoms with van der Waals surface area (Å²) in [6, 6.07) is 15.8. The average Bonchev–Trinajstić information content (AvgIpc) is 3.37. The minimum absolute atomic E-state index is 0.0912. The van der Waals surface area contributed by atoms with Gasteiger partial charge in [0.25, 0.3) is 5.91 Å². The first-order chi connectivity index (χ1) is 16.3. The van der Waals surface area contributed by atoms with Crippen molar-refractivity contribution in [3.63, 3.8) is 0 Å². The van der Waals surface area contributed by atoms with Gasteiger partial charge in [0, 0.05) is 37.8 Å². The van der Waals surface area contributed by atoms with Crippen LogP contribution in [-0.4, -0.2) is 73.4 Å². The van der Waals surface area contributed by atoms with Gasteiger partial charge in [0.15, 0.2) is 10.9 Å². The fourth-order valence-corrected chi connectivity index (χ4v) is 4.56. The van der Waals surface area contributed by atoms with Gasteiger partial charge in [-0.2, -0.15) is 0 Å². The van der Waals surface area contributed by atoms with Crippen LogP contribution in [0.25, 0.3) is 11.3 Å². The lowest BCUT2D eigenvalue weighted by Crippen LogP contribution is -2.40. The minimum atomic E-state index is -0.0912. The maximum atomic E-state index is 12.6. The van der Waals surface area contributed by atoms with Gasteiger partial charge in [-0.25, -0.2) is 9.97 Å². The van der Waals surface area contributed by atoms with Crippen molar-refractivity contribution in [2.24, 2.45) is 0 Å². The Kier molecular flexibility index (Phi) is 6.89. The van der Waals surface area contributed by atoms with E-state index in [1.54, 1.807) is 11.0 Å². The molecule has 8 nitrogen and oxygen atoms in total. The van der Waals surface area contributed by atoms with Crippen molar-refractivity contribution in [2.75, 3.05) is 57.5 Å². The quantitative estimate of drug-likeness (QED) is 0.404. The van der Waals surface area contributed by atoms with E-state index in [1.807, 2.05) is 30.3 Å². The first-order valence-corrected chi connectivity index (χ1v) is 12.1. The third-order valence-corrected chi connectivity index (χ3v) is 6.48. The van der Waals surface area contributed by atoms with Crippen LogP contribution in [0.15, 0.2) is 58.1 Å². The molecular weight excluding hydrogens is 440 g/mol. The molecule has 2 fully saturated rings. The molecule has 1 aromatic carbocycles. The number of ether oxygens (including phenoxy) is 2. The summed E-state index contributed by atoms with van der Waals surface area (Å²) in [6.07, 6.45) is 0. The number of benzene rings is 1. The van der Waals surface area contributed by atoms with Gasteiger partial charge in [-0.15, -0.1) is 0 Å². The molecule has 5 rings (SSSR count). The number of thioether (sulfide) groups is 1. The van der Waals surface area contributed by atoms with Gasteiger partial charge in [-0.05, 0) is 12.1 Å². The number of carbonyl (C=O) groups is 1. The third kappa shape index (κ3) is 5.38. The summed E-state index contributed by atoms with van der Waals surface area (Å²) in [5.41, 5.74) is 1.94. The molecule has 0 atom stereocenters. The molecule has 0 spiro atoms. The van der Waals surface area contributed by atoms with Crippen LogP contribution in [0.1, 0.15) is 16.3 Å². The molecule has 3 aromatic rings. The summed E-state index contributed by atoms with van der Waals surface area (Å²) in [7, 11) is 0. The number of amides is 1. The predicted octanol–water partition coefficient (Wildman–Crippen LogP) is 3.34. The second-order valence-corrected chi connectivity index (χ2v) is 8.76. The maximum absolute atomic E-state index is 12.6. The predicted molar refractivity (Wildman–Crippen MR) is 125 cm³/mol. The van der Waals surface area contributed by atoms with Crippen molar-refractivity contribution in [2.45, 2.75) is 10.9 Å². The molecule has 0 saturated carbocycles. The average molecular weight is 467 g/mol. The fraction of sp³-hybridized carbons (Fsp3) is 0.375. The summed E-state index contributed by atoms with van der Waals surface area (Å²) < 4.78 is 16.7. The Labute approximate surface area is 196 Å². The molecule has 33 heavy (non-hydrogen) atoms. The van der Waals surface area contributed by atoms with Crippen LogP contribution in [-0.2, 0) is 15.2 Å². The molecule has 2 saturated heterocycles. The van der Waals surface area contributed by atoms with Gasteiger partial charge < -0.3 is 23.7 Å². The zero-order valence-corrected chi connectivity index (χ0v) is 19.1. The van der Waals surface area contributed by atoms with Crippen molar-refractivity contribution >= 4 is 23.5 Å². The Balaban J connectivity index is 1.32. The molecular formula is C24H26N4O4S. The smallest absolute Gasteiger partial charge is 0.289 e. The molecule has 0 unspecified atom stereocenters. The van der Waals surface area contributed by atoms with E-state index in [1.165, 1.54) is 11.8 Å². The number of rotatable bonds is 6. The summed E-state index contributed by atoms with van der Waals surface area (Å²) in [4.78, 5) is 26.2. The molecule has 0 aliphatic carbocycles. The molecule has 0 radical (unpaired) electrons. The van der Waals surface area contributed by atoms with E-state index in [4.69, 9.17) is 23.9 Å². The van der Waals surface area contributed by atoms with E-state index in [0.717, 1.165) is 35.9 Å². The third-order valence-electron chi connectivity index (χ3n) is 5.61. The van der Waals surface area contributed by atoms with E-state index >= 15 is 0 Å². The lowest BCUT2D eigenvalue weighted by Gasteiger charge is -2.28. The molecule has 1 amide bonds. The van der Waals surface area contributed by atoms with Gasteiger partial charge in [-0.1, -0.05) is 42.1 Å². The summed E-state index contributed by atoms with van der Waals surface area (Å²) >= 11 is 1.50. The second-order valence-electron chi connectivity index (χ2n) is 7.82. The second kappa shape index (κ2) is 10.4. The highest BCUT2D eigenvalue weighted by Crippen LogP contribution is 2.28. The Bertz CT molecular complexity index is 1080. The van der Waals surface area contributed by atoms with Crippen LogP contribution in [0, 0.1) is 0 Å². The largest absolute Gasteiger partial charge is 0.455 e. The lowest BCUT2D eigenvalue weighted by molar-refractivity contribution is 0.0282. The van der Waals surface area contributed by atoms with Crippen molar-refractivity contribution < 1.29 is 18.7 Å². The molecule has 4 heterocycles. The van der Waals surface area contributed by atoms with E-state index in [9.17, 15) is 4.79 Å². The van der Waals surface area contributed by atoms with E-state index in [0.29, 0.717) is 56.2 Å². The number of anilines is 1. The summed E-state index contributed by atoms with van der Waals surface area (Å²) in [6.45, 7) is 5.31. The van der Waals surface area contributed by atoms with Gasteiger partial charge >= 0.3 is 0 Å². The normalized spacial score (nSPS) is 16.7. The summed E-state index contributed by atoms with van der Waals surface area (Å²) in [5, 5.41) is 0.676. The van der Waals surface area contributed by atoms with Gasteiger partial charge in [0.2, 0.25) is 0 Å². The standard InChI is InChI=1S/C24H26N4O4S/c29-23(28-10-14-31-15-11-28)21-7-6-19(32-21)17-33-24-25-20(18-4-2-1-3-5-18)16-22(26-24)27-8-12-30-13-9-27/h1-7,16H,8-15,17H2. The molecule has 2 aliphatic rings. The Morgan fingerprint density at radius 2 is 1.64 bits per heavy atom. The molecule has 9 heteroatoms. The summed E-state index contributed by atoms with van der Waals surface area (Å²) in [5.74, 6) is 2.43. The molecule has 172 valence electrons. The lowest BCUT2D eigenvalue weighted by atomic mass is 10.1. The van der Waals surface area contributed by atoms with E-state index < -0.39 is 0 Å². The van der Waals surface area contributed by atoms with E-state index in [2.05, 4.69) is 17.0 Å². The van der Waals surface area contributed by atoms with Crippen LogP contribution in [0.4, 0.5) is 5.82 Å². The SMILES string of the molecule is O=C(c1ccc(CSc2nc(-c3ccccc3)cc(N3CCOCC3)n2)o1)N1CCOCC1. The topological polar surface area (TPSA) is 80.9 Å². The monoisotopic (exact) mass is 466 g/mol. The highest BCUT2D eigenvalue weighted by Gasteiger charge is 2.22. The van der Waals surface area contributed by atoms with Crippen LogP contribution in [0.3, 0.4) is 0 Å². The molecule has 0 bridgehead atoms. The maximum Gasteiger partial charge on any atom is 0.289 e. The number of furan rings is 1. The number of morpholine rings is 2. The number of aromatic nitrogens is 2. The van der Waals surface area contributed by atoms with Crippen LogP contribution in [0.2, 0.25) is 0 Å². The number of nitrogens with zero attached hydrogens (tertiary/aromatic N) is 4. The number of hydrogen-bond acceptors (Lipinski definition) is 8. The highest BCUT2D eigenvalue weighted by molar-refractivity contribution is 7.98. The van der Waals surface area contributed by atoms with E-state index in [-0.39, 0.29) is 5.91 Å². The Hall–Kier alpha value is -2.88. The molecule has 2 aliphatic heterocycles. The van der Waals surface area contributed by atoms with Crippen LogP contribution < -0.4 is 4.90 Å². The molecule has 2 aromatic heterocycles. The first-order valence-electron chi connectivity index (χ1n) is 11.1. The van der Waals surface area contributed by atoms with Crippen molar-refractivity contribution in [1.29, 1.82) is 0 Å². The first kappa shape index (κ1) is 21.9. The van der Waals surface area contributed by atoms with Crippen molar-refractivity contribution in [3.8, 4) is 11.3 Å². The van der Waals surface area contributed by atoms with Crippen LogP contribution >= 0.6 is 11.8 Å². The zero-order chi connectivity index (χ0) is 22.5. The van der Waals surface area contributed by atoms with Gasteiger partial charge in [0.05, 0.1) is 37.9 Å². The number of carbonyl (C=O) groups excluding carboxylic acids is 1. The van der Waals surface area contributed by atoms with Crippen LogP contribution in [0.5, 0.6) is 0 Å². The number of hydrogen-bond donors (Lipinski definition) is 0. The minimum Gasteiger partial charge on any atom is -0.455 e. The van der Waals surface area contributed by atoms with Crippen molar-refractivity contribution in [3.05, 3.63) is 60.1 Å². The Morgan fingerprint density at radius 3 is 2.39 bits per heavy atom.